The Hall–Kier alpha value is -11.8. The minimum Gasteiger partial charge on any atom is -0.496 e. The fourth-order valence-electron chi connectivity index (χ4n) is 10.0. The molecule has 0 bridgehead atoms. The molecule has 4 rings (SSSR count). The zero-order valence-corrected chi connectivity index (χ0v) is 55.4. The number of benzene rings is 4. The fourth-order valence-corrected chi connectivity index (χ4v) is 10.0. The van der Waals surface area contributed by atoms with Crippen LogP contribution in [-0.2, 0) is 44.9 Å². The Morgan fingerprint density at radius 2 is 0.626 bits per heavy atom. The van der Waals surface area contributed by atoms with Gasteiger partial charge in [0.15, 0.2) is 58.9 Å². The number of primary amides is 1. The molecule has 4 amide bonds. The molecule has 4 atom stereocenters. The van der Waals surface area contributed by atoms with Crippen LogP contribution in [0.4, 0.5) is 0 Å². The largest absolute Gasteiger partial charge is 0.496 e. The van der Waals surface area contributed by atoms with E-state index in [2.05, 4.69) is 47.9 Å². The molecule has 99 heavy (non-hydrogen) atoms. The molecule has 35 heteroatoms. The van der Waals surface area contributed by atoms with Crippen LogP contribution in [0.2, 0.25) is 0 Å². The highest BCUT2D eigenvalue weighted by Crippen LogP contribution is 2.27. The standard InChI is InChI=1S/C64H93N23O12/c1-96-51-15-11-35(27-39(51)55(66)92)32-48(89)45(9-5-21-81-61(71)72)86-57(94)41-30-38(14-18-53(41)98-25-23-83-63(75)76)34-50(91)46(10-6-22-82-62(73)74)87-58(95)42-29-37(13-17-54(42)99-26-24-84-64(77)78)33-49(90)44(8-4-20-80-60(69)70)85-56(93)40-28-36(12-16-52(40)97-2)31-47(88)43(65)7-3-19-79-59(67)68/h11-18,27-30,43-46H,3-10,19-26,31-34,65H2,1-2H3,(H2,66,92)(H,85,93)(H,86,94)(H,87,95)(H4,67,68,79)(H4,69,70,80)(H4,71,72,81)(H4,73,74,82)(H4,75,76,83)(H4,77,78,84)/t43-,44-,45-,46-/m1/s1. The van der Waals surface area contributed by atoms with E-state index < -0.39 is 71.6 Å². The summed E-state index contributed by atoms with van der Waals surface area (Å²) in [7, 11) is 2.70. The van der Waals surface area contributed by atoms with Gasteiger partial charge < -0.3 is 113 Å². The van der Waals surface area contributed by atoms with Crippen LogP contribution in [0.3, 0.4) is 0 Å². The van der Waals surface area contributed by atoms with Crippen LogP contribution in [0.5, 0.6) is 23.0 Å². The number of hydrogen-bond donors (Lipinski definition) is 23. The lowest BCUT2D eigenvalue weighted by Gasteiger charge is -2.22. The molecule has 0 saturated heterocycles. The third-order valence-electron chi connectivity index (χ3n) is 14.9. The van der Waals surface area contributed by atoms with Crippen molar-refractivity contribution >= 4 is 82.5 Å². The molecule has 0 radical (unpaired) electrons. The number of Topliss-reactive ketones (excluding diaryl/α,β-unsaturated/α-hetero) is 4. The van der Waals surface area contributed by atoms with Gasteiger partial charge in [0, 0.05) is 51.9 Å². The van der Waals surface area contributed by atoms with Crippen molar-refractivity contribution in [3.05, 3.63) is 117 Å². The lowest BCUT2D eigenvalue weighted by atomic mass is 9.96. The van der Waals surface area contributed by atoms with Crippen molar-refractivity contribution in [2.45, 2.75) is 101 Å². The topological polar surface area (TPSA) is 633 Å². The predicted octanol–water partition coefficient (Wildman–Crippen LogP) is -2.25. The summed E-state index contributed by atoms with van der Waals surface area (Å²) < 4.78 is 22.8. The number of rotatable bonds is 45. The molecule has 536 valence electrons. The van der Waals surface area contributed by atoms with Crippen LogP contribution in [0.15, 0.2) is 72.8 Å². The first kappa shape index (κ1) is 79.7. The van der Waals surface area contributed by atoms with Crippen molar-refractivity contribution < 1.29 is 57.3 Å². The van der Waals surface area contributed by atoms with E-state index in [1.54, 1.807) is 12.1 Å². The summed E-state index contributed by atoms with van der Waals surface area (Å²) in [5.74, 6) is -6.63. The molecule has 0 heterocycles. The fraction of sp³-hybridized carbons (Fsp3) is 0.406. The minimum absolute atomic E-state index is 0.00478. The van der Waals surface area contributed by atoms with Gasteiger partial charge in [0.1, 0.15) is 36.2 Å². The first-order valence-electron chi connectivity index (χ1n) is 31.5. The number of ether oxygens (including phenoxy) is 4. The minimum atomic E-state index is -1.29. The molecule has 0 aliphatic carbocycles. The first-order valence-corrected chi connectivity index (χ1v) is 31.5. The number of carbonyl (C=O) groups is 8. The van der Waals surface area contributed by atoms with E-state index in [9.17, 15) is 38.4 Å². The maximum Gasteiger partial charge on any atom is 0.255 e. The highest BCUT2D eigenvalue weighted by molar-refractivity contribution is 6.04. The summed E-state index contributed by atoms with van der Waals surface area (Å²) in [6.07, 6.45) is 0.272. The van der Waals surface area contributed by atoms with Crippen molar-refractivity contribution in [1.82, 2.24) is 47.9 Å². The van der Waals surface area contributed by atoms with Gasteiger partial charge >= 0.3 is 0 Å². The molecule has 0 aromatic heterocycles. The summed E-state index contributed by atoms with van der Waals surface area (Å²) in [6.45, 7) is 0.588. The van der Waals surface area contributed by atoms with E-state index in [4.69, 9.17) is 97.3 Å². The molecule has 4 aromatic rings. The van der Waals surface area contributed by atoms with E-state index >= 15 is 0 Å². The molecule has 0 spiro atoms. The van der Waals surface area contributed by atoms with Gasteiger partial charge in [-0.05, 0) is 122 Å². The summed E-state index contributed by atoms with van der Waals surface area (Å²) in [6, 6.07) is 13.2. The van der Waals surface area contributed by atoms with Gasteiger partial charge in [0.25, 0.3) is 23.6 Å². The van der Waals surface area contributed by atoms with Gasteiger partial charge in [-0.1, -0.05) is 24.3 Å². The van der Waals surface area contributed by atoms with Gasteiger partial charge in [0.2, 0.25) is 0 Å². The number of guanidine groups is 6. The lowest BCUT2D eigenvalue weighted by Crippen LogP contribution is -2.43. The van der Waals surface area contributed by atoms with Crippen LogP contribution in [0.25, 0.3) is 0 Å². The first-order chi connectivity index (χ1) is 47.1. The summed E-state index contributed by atoms with van der Waals surface area (Å²) >= 11 is 0. The number of nitrogens with two attached hydrogens (primary N) is 8. The molecular weight excluding hydrogens is 1280 g/mol. The van der Waals surface area contributed by atoms with Crippen LogP contribution in [0, 0.1) is 32.5 Å². The monoisotopic (exact) mass is 1380 g/mol. The zero-order valence-electron chi connectivity index (χ0n) is 55.4. The van der Waals surface area contributed by atoms with Crippen LogP contribution in [0.1, 0.15) is 115 Å². The Bertz CT molecular complexity index is 3570. The van der Waals surface area contributed by atoms with Crippen molar-refractivity contribution in [3.63, 3.8) is 0 Å². The summed E-state index contributed by atoms with van der Waals surface area (Å²) in [4.78, 5) is 113. The van der Waals surface area contributed by atoms with Crippen molar-refractivity contribution in [3.8, 4) is 23.0 Å². The lowest BCUT2D eigenvalue weighted by molar-refractivity contribution is -0.121. The molecule has 0 aliphatic rings. The zero-order chi connectivity index (χ0) is 73.1. The number of methoxy groups -OCH3 is 2. The van der Waals surface area contributed by atoms with Crippen LogP contribution in [-0.4, -0.2) is 173 Å². The highest BCUT2D eigenvalue weighted by atomic mass is 16.5. The molecule has 0 aliphatic heterocycles. The number of nitrogens with one attached hydrogen (secondary N) is 15. The Morgan fingerprint density at radius 1 is 0.364 bits per heavy atom. The van der Waals surface area contributed by atoms with Gasteiger partial charge in [-0.2, -0.15) is 0 Å². The normalized spacial score (nSPS) is 11.9. The molecule has 0 saturated carbocycles. The third kappa shape index (κ3) is 28.6. The van der Waals surface area contributed by atoms with Crippen molar-refractivity contribution in [2.75, 3.05) is 66.7 Å². The average Bonchev–Trinajstić information content (AvgIpc) is 0.860. The average molecular weight is 1380 g/mol. The molecule has 4 aromatic carbocycles. The second-order valence-corrected chi connectivity index (χ2v) is 22.7. The quantitative estimate of drug-likeness (QED) is 0.0126. The number of ketones is 4. The SMILES string of the molecule is COc1ccc(CC(=O)[C@@H](CCCNC(=N)N)NC(=O)c2cc(CC(=O)[C@@H](CCCNC(=N)N)NC(=O)c3cc(CC(=O)[C@@H](CCCNC(=N)N)NC(=O)c4cc(CC(=O)[C@H](N)CCCNC(=N)N)ccc4OC)ccc3OCCNC(=N)N)ccc2OCCNC(=N)N)cc1C(N)=O. The molecule has 31 N–H and O–H groups in total. The predicted molar refractivity (Wildman–Crippen MR) is 371 cm³/mol. The van der Waals surface area contributed by atoms with E-state index in [1.807, 2.05) is 0 Å². The smallest absolute Gasteiger partial charge is 0.255 e. The van der Waals surface area contributed by atoms with Gasteiger partial charge in [-0.3, -0.25) is 70.8 Å². The Morgan fingerprint density at radius 3 is 0.929 bits per heavy atom. The maximum atomic E-state index is 14.8. The van der Waals surface area contributed by atoms with Gasteiger partial charge in [0.05, 0.1) is 73.7 Å². The molecular formula is C64H93N23O12. The van der Waals surface area contributed by atoms with E-state index in [0.717, 1.165) is 0 Å². The third-order valence-corrected chi connectivity index (χ3v) is 14.9. The van der Waals surface area contributed by atoms with E-state index in [-0.39, 0.29) is 202 Å². The molecule has 35 nitrogen and oxygen atoms in total. The molecule has 0 unspecified atom stereocenters. The summed E-state index contributed by atoms with van der Waals surface area (Å²) in [5, 5.41) is 69.8. The number of carbonyl (C=O) groups excluding carboxylic acids is 8. The Balaban J connectivity index is 1.72. The van der Waals surface area contributed by atoms with Gasteiger partial charge in [-0.25, -0.2) is 0 Å². The highest BCUT2D eigenvalue weighted by Gasteiger charge is 2.29. The second kappa shape index (κ2) is 41.2. The van der Waals surface area contributed by atoms with Crippen LogP contribution >= 0.6 is 0 Å². The maximum absolute atomic E-state index is 14.8. The number of amides is 4. The molecule has 0 fully saturated rings. The summed E-state index contributed by atoms with van der Waals surface area (Å²) in [5.41, 5.74) is 45.8. The van der Waals surface area contributed by atoms with E-state index in [0.29, 0.717) is 30.5 Å². The Labute approximate surface area is 572 Å². The van der Waals surface area contributed by atoms with Crippen LogP contribution < -0.4 is 113 Å². The van der Waals surface area contributed by atoms with Crippen molar-refractivity contribution in [1.29, 1.82) is 32.5 Å². The van der Waals surface area contributed by atoms with Crippen molar-refractivity contribution in [2.24, 2.45) is 45.9 Å². The Kier molecular flexibility index (Phi) is 33.2. The second-order valence-electron chi connectivity index (χ2n) is 22.7. The van der Waals surface area contributed by atoms with E-state index in [1.165, 1.54) is 74.9 Å². The van der Waals surface area contributed by atoms with Gasteiger partial charge in [-0.15, -0.1) is 0 Å². The number of hydrogen-bond acceptors (Lipinski definition) is 19.